The lowest BCUT2D eigenvalue weighted by Gasteiger charge is -2.32. The number of halogens is 1. The molecule has 1 aromatic carbocycles. The lowest BCUT2D eigenvalue weighted by atomic mass is 9.85. The first-order chi connectivity index (χ1) is 9.15. The van der Waals surface area contributed by atoms with Crippen LogP contribution in [0.1, 0.15) is 30.9 Å². The molecule has 0 bridgehead atoms. The van der Waals surface area contributed by atoms with Crippen molar-refractivity contribution in [1.82, 2.24) is 10.6 Å². The highest BCUT2D eigenvalue weighted by molar-refractivity contribution is 6.30. The van der Waals surface area contributed by atoms with Crippen molar-refractivity contribution in [2.45, 2.75) is 25.3 Å². The van der Waals surface area contributed by atoms with Crippen LogP contribution in [0.5, 0.6) is 0 Å². The average molecular weight is 277 g/mol. The van der Waals surface area contributed by atoms with Gasteiger partial charge in [0.05, 0.1) is 6.04 Å². The van der Waals surface area contributed by atoms with Crippen molar-refractivity contribution in [3.63, 3.8) is 0 Å². The zero-order valence-corrected chi connectivity index (χ0v) is 11.0. The number of ketones is 1. The van der Waals surface area contributed by atoms with Gasteiger partial charge in [-0.3, -0.25) is 4.79 Å². The van der Waals surface area contributed by atoms with Crippen molar-refractivity contribution in [3.05, 3.63) is 46.1 Å². The van der Waals surface area contributed by atoms with E-state index in [4.69, 9.17) is 11.6 Å². The molecule has 4 nitrogen and oxygen atoms in total. The lowest BCUT2D eigenvalue weighted by molar-refractivity contribution is -0.116. The predicted octanol–water partition coefficient (Wildman–Crippen LogP) is 2.70. The van der Waals surface area contributed by atoms with Gasteiger partial charge in [0.2, 0.25) is 0 Å². The van der Waals surface area contributed by atoms with E-state index in [0.717, 1.165) is 24.1 Å². The normalized spacial score (nSPS) is 22.7. The Labute approximate surface area is 115 Å². The Bertz CT molecular complexity index is 578. The average Bonchev–Trinajstić information content (AvgIpc) is 2.38. The molecule has 98 valence electrons. The van der Waals surface area contributed by atoms with E-state index in [9.17, 15) is 9.59 Å². The summed E-state index contributed by atoms with van der Waals surface area (Å²) in [4.78, 5) is 23.8. The topological polar surface area (TPSA) is 58.2 Å². The molecular formula is C14H13ClN2O2. The van der Waals surface area contributed by atoms with Crippen molar-refractivity contribution in [2.75, 3.05) is 0 Å². The second kappa shape index (κ2) is 4.70. The van der Waals surface area contributed by atoms with E-state index in [2.05, 4.69) is 10.6 Å². The van der Waals surface area contributed by atoms with E-state index in [1.54, 1.807) is 12.1 Å². The molecule has 0 aromatic heterocycles. The largest absolute Gasteiger partial charge is 0.327 e. The Kier molecular flexibility index (Phi) is 3.03. The summed E-state index contributed by atoms with van der Waals surface area (Å²) in [6.45, 7) is 0. The molecule has 2 N–H and O–H groups in total. The van der Waals surface area contributed by atoms with Crippen molar-refractivity contribution in [2.24, 2.45) is 0 Å². The molecule has 1 aliphatic carbocycles. The molecule has 2 amide bonds. The number of hydrogen-bond donors (Lipinski definition) is 2. The number of carbonyl (C=O) groups is 2. The monoisotopic (exact) mass is 276 g/mol. The van der Waals surface area contributed by atoms with Crippen LogP contribution in [-0.2, 0) is 4.79 Å². The highest BCUT2D eigenvalue weighted by Crippen LogP contribution is 2.33. The van der Waals surface area contributed by atoms with Crippen LogP contribution < -0.4 is 10.6 Å². The Morgan fingerprint density at radius 3 is 2.58 bits per heavy atom. The Hall–Kier alpha value is -1.81. The summed E-state index contributed by atoms with van der Waals surface area (Å²) in [6, 6.07) is 6.58. The zero-order valence-electron chi connectivity index (χ0n) is 10.2. The fraction of sp³-hybridized carbons (Fsp3) is 0.286. The van der Waals surface area contributed by atoms with Crippen molar-refractivity contribution >= 4 is 23.4 Å². The molecule has 19 heavy (non-hydrogen) atoms. The number of benzene rings is 1. The fourth-order valence-electron chi connectivity index (χ4n) is 2.61. The molecule has 1 aliphatic heterocycles. The molecule has 1 atom stereocenters. The first-order valence-electron chi connectivity index (χ1n) is 6.24. The van der Waals surface area contributed by atoms with Gasteiger partial charge in [-0.2, -0.15) is 0 Å². The quantitative estimate of drug-likeness (QED) is 0.828. The van der Waals surface area contributed by atoms with Gasteiger partial charge in [0.15, 0.2) is 5.78 Å². The molecule has 0 spiro atoms. The molecular weight excluding hydrogens is 264 g/mol. The number of carbonyl (C=O) groups excluding carboxylic acids is 2. The Balaban J connectivity index is 2.05. The van der Waals surface area contributed by atoms with Gasteiger partial charge in [-0.05, 0) is 30.5 Å². The number of rotatable bonds is 1. The van der Waals surface area contributed by atoms with Gasteiger partial charge in [-0.15, -0.1) is 0 Å². The zero-order chi connectivity index (χ0) is 13.4. The molecule has 1 aromatic rings. The summed E-state index contributed by atoms with van der Waals surface area (Å²) in [5, 5.41) is 6.18. The van der Waals surface area contributed by atoms with E-state index in [1.165, 1.54) is 0 Å². The van der Waals surface area contributed by atoms with Crippen LogP contribution >= 0.6 is 11.6 Å². The summed E-state index contributed by atoms with van der Waals surface area (Å²) >= 11 is 5.87. The first-order valence-corrected chi connectivity index (χ1v) is 6.62. The molecule has 5 heteroatoms. The number of nitrogens with one attached hydrogen (secondary N) is 2. The van der Waals surface area contributed by atoms with Crippen molar-refractivity contribution < 1.29 is 9.59 Å². The fourth-order valence-corrected chi connectivity index (χ4v) is 2.74. The van der Waals surface area contributed by atoms with E-state index >= 15 is 0 Å². The predicted molar refractivity (Wildman–Crippen MR) is 71.7 cm³/mol. The molecule has 2 aliphatic rings. The minimum absolute atomic E-state index is 0.105. The van der Waals surface area contributed by atoms with Crippen molar-refractivity contribution in [1.29, 1.82) is 0 Å². The molecule has 0 saturated carbocycles. The Morgan fingerprint density at radius 2 is 1.84 bits per heavy atom. The molecule has 1 unspecified atom stereocenters. The molecule has 0 saturated heterocycles. The van der Waals surface area contributed by atoms with Gasteiger partial charge in [-0.25, -0.2) is 4.79 Å². The second-order valence-corrected chi connectivity index (χ2v) is 5.19. The summed E-state index contributed by atoms with van der Waals surface area (Å²) in [7, 11) is 0. The number of amides is 2. The molecule has 3 rings (SSSR count). The third-order valence-corrected chi connectivity index (χ3v) is 3.74. The smallest absolute Gasteiger partial charge is 0.319 e. The summed E-state index contributed by atoms with van der Waals surface area (Å²) in [5.41, 5.74) is 2.33. The summed E-state index contributed by atoms with van der Waals surface area (Å²) < 4.78 is 0. The summed E-state index contributed by atoms with van der Waals surface area (Å²) in [6.07, 6.45) is 2.09. The summed E-state index contributed by atoms with van der Waals surface area (Å²) in [5.74, 6) is 0.105. The Morgan fingerprint density at radius 1 is 1.11 bits per heavy atom. The minimum atomic E-state index is -0.367. The first kappa shape index (κ1) is 12.2. The molecule has 0 fully saturated rings. The number of hydrogen-bond acceptors (Lipinski definition) is 2. The maximum Gasteiger partial charge on any atom is 0.319 e. The van der Waals surface area contributed by atoms with Crippen LogP contribution in [0.3, 0.4) is 0 Å². The second-order valence-electron chi connectivity index (χ2n) is 4.75. The van der Waals surface area contributed by atoms with Gasteiger partial charge < -0.3 is 10.6 Å². The number of Topliss-reactive ketones (excluding diaryl/α,β-unsaturated/α-hetero) is 1. The van der Waals surface area contributed by atoms with Crippen LogP contribution in [0.2, 0.25) is 5.02 Å². The molecule has 0 radical (unpaired) electrons. The SMILES string of the molecule is O=C1NC2=C(C(=O)CCC2)C(c2ccc(Cl)cc2)N1. The number of urea groups is 1. The maximum absolute atomic E-state index is 12.1. The molecule has 1 heterocycles. The van der Waals surface area contributed by atoms with Crippen LogP contribution in [-0.4, -0.2) is 11.8 Å². The third-order valence-electron chi connectivity index (χ3n) is 3.49. The standard InChI is InChI=1S/C14H13ClN2O2/c15-9-6-4-8(5-7-9)13-12-10(16-14(19)17-13)2-1-3-11(12)18/h4-7,13H,1-3H2,(H2,16,17,19). The van der Waals surface area contributed by atoms with Gasteiger partial charge >= 0.3 is 6.03 Å². The van der Waals surface area contributed by atoms with Crippen LogP contribution in [0.25, 0.3) is 0 Å². The van der Waals surface area contributed by atoms with Gasteiger partial charge in [0.25, 0.3) is 0 Å². The van der Waals surface area contributed by atoms with E-state index in [-0.39, 0.29) is 17.9 Å². The van der Waals surface area contributed by atoms with E-state index in [1.807, 2.05) is 12.1 Å². The minimum Gasteiger partial charge on any atom is -0.327 e. The van der Waals surface area contributed by atoms with Crippen LogP contribution in [0.4, 0.5) is 4.79 Å². The van der Waals surface area contributed by atoms with Crippen molar-refractivity contribution in [3.8, 4) is 0 Å². The van der Waals surface area contributed by atoms with E-state index < -0.39 is 0 Å². The lowest BCUT2D eigenvalue weighted by Crippen LogP contribution is -2.46. The highest BCUT2D eigenvalue weighted by Gasteiger charge is 2.34. The van der Waals surface area contributed by atoms with Crippen LogP contribution in [0.15, 0.2) is 35.5 Å². The number of allylic oxidation sites excluding steroid dienone is 1. The third kappa shape index (κ3) is 2.24. The van der Waals surface area contributed by atoms with Gasteiger partial charge in [0, 0.05) is 22.7 Å². The highest BCUT2D eigenvalue weighted by atomic mass is 35.5. The maximum atomic E-state index is 12.1. The van der Waals surface area contributed by atoms with Gasteiger partial charge in [-0.1, -0.05) is 23.7 Å². The van der Waals surface area contributed by atoms with E-state index in [0.29, 0.717) is 17.0 Å². The van der Waals surface area contributed by atoms with Gasteiger partial charge in [0.1, 0.15) is 0 Å². The van der Waals surface area contributed by atoms with Crippen LogP contribution in [0, 0.1) is 0 Å².